The van der Waals surface area contributed by atoms with Gasteiger partial charge in [0.15, 0.2) is 0 Å². The molecule has 0 amide bonds. The molecule has 1 rings (SSSR count). The maximum Gasteiger partial charge on any atom is 0.101 e. The van der Waals surface area contributed by atoms with Crippen LogP contribution in [0.5, 0.6) is 0 Å². The Morgan fingerprint density at radius 2 is 2.25 bits per heavy atom. The summed E-state index contributed by atoms with van der Waals surface area (Å²) in [6.07, 6.45) is 0. The van der Waals surface area contributed by atoms with E-state index in [-0.39, 0.29) is 0 Å². The zero-order valence-corrected chi connectivity index (χ0v) is 8.48. The Morgan fingerprint density at radius 1 is 1.58 bits per heavy atom. The molecule has 0 aliphatic heterocycles. The van der Waals surface area contributed by atoms with Crippen LogP contribution in [0.3, 0.4) is 0 Å². The van der Waals surface area contributed by atoms with Crippen LogP contribution in [-0.4, -0.2) is 0 Å². The van der Waals surface area contributed by atoms with Crippen molar-refractivity contribution in [1.82, 2.24) is 0 Å². The fraction of sp³-hybridized carbons (Fsp3) is 0.125. The summed E-state index contributed by atoms with van der Waals surface area (Å²) in [5.74, 6) is 0. The van der Waals surface area contributed by atoms with Gasteiger partial charge in [-0.15, -0.1) is 0 Å². The highest BCUT2D eigenvalue weighted by Gasteiger charge is 2.05. The highest BCUT2D eigenvalue weighted by Crippen LogP contribution is 2.25. The summed E-state index contributed by atoms with van der Waals surface area (Å²) in [4.78, 5) is 0. The van der Waals surface area contributed by atoms with E-state index in [0.29, 0.717) is 17.1 Å². The van der Waals surface area contributed by atoms with Crippen LogP contribution in [0.25, 0.3) is 0 Å². The molecule has 0 radical (unpaired) electrons. The van der Waals surface area contributed by atoms with E-state index in [4.69, 9.17) is 22.6 Å². The summed E-state index contributed by atoms with van der Waals surface area (Å²) in [6.45, 7) is 0.340. The van der Waals surface area contributed by atoms with E-state index < -0.39 is 0 Å². The van der Waals surface area contributed by atoms with Crippen molar-refractivity contribution in [3.8, 4) is 6.07 Å². The molecule has 0 aliphatic rings. The third-order valence-electron chi connectivity index (χ3n) is 1.45. The van der Waals surface area contributed by atoms with Gasteiger partial charge in [-0.25, -0.2) is 0 Å². The Labute approximate surface area is 84.1 Å². The van der Waals surface area contributed by atoms with Gasteiger partial charge in [0, 0.05) is 11.0 Å². The Kier molecular flexibility index (Phi) is 3.10. The molecule has 2 nitrogen and oxygen atoms in total. The van der Waals surface area contributed by atoms with E-state index in [1.807, 2.05) is 12.1 Å². The van der Waals surface area contributed by atoms with E-state index >= 15 is 0 Å². The van der Waals surface area contributed by atoms with Gasteiger partial charge in [-0.3, -0.25) is 0 Å². The standard InChI is InChI=1S/C8H6BrClN2/c9-7-1-5(3-11)8(10)6(2-7)4-12/h1-2H,3,11H2. The summed E-state index contributed by atoms with van der Waals surface area (Å²) in [6, 6.07) is 5.47. The van der Waals surface area contributed by atoms with Crippen molar-refractivity contribution < 1.29 is 0 Å². The van der Waals surface area contributed by atoms with Crippen molar-refractivity contribution in [2.45, 2.75) is 6.54 Å². The first-order chi connectivity index (χ1) is 5.69. The number of halogens is 2. The smallest absolute Gasteiger partial charge is 0.101 e. The van der Waals surface area contributed by atoms with Gasteiger partial charge in [-0.1, -0.05) is 27.5 Å². The van der Waals surface area contributed by atoms with Crippen LogP contribution in [-0.2, 0) is 6.54 Å². The van der Waals surface area contributed by atoms with Gasteiger partial charge in [-0.05, 0) is 17.7 Å². The normalized spacial score (nSPS) is 9.50. The first-order valence-electron chi connectivity index (χ1n) is 3.27. The molecule has 0 spiro atoms. The highest BCUT2D eigenvalue weighted by molar-refractivity contribution is 9.10. The number of nitrogens with zero attached hydrogens (tertiary/aromatic N) is 1. The molecule has 1 aromatic rings. The van der Waals surface area contributed by atoms with Crippen molar-refractivity contribution in [2.75, 3.05) is 0 Å². The number of hydrogen-bond acceptors (Lipinski definition) is 2. The van der Waals surface area contributed by atoms with E-state index in [1.165, 1.54) is 0 Å². The number of rotatable bonds is 1. The third kappa shape index (κ3) is 1.78. The molecule has 12 heavy (non-hydrogen) atoms. The molecule has 0 saturated carbocycles. The summed E-state index contributed by atoms with van der Waals surface area (Å²) >= 11 is 9.12. The molecule has 0 bridgehead atoms. The Hall–Kier alpha value is -0.560. The molecule has 0 heterocycles. The number of benzene rings is 1. The molecule has 0 atom stereocenters. The van der Waals surface area contributed by atoms with Crippen LogP contribution in [0.1, 0.15) is 11.1 Å². The summed E-state index contributed by atoms with van der Waals surface area (Å²) < 4.78 is 0.823. The second-order valence-electron chi connectivity index (χ2n) is 2.24. The predicted molar refractivity (Wildman–Crippen MR) is 51.8 cm³/mol. The molecule has 0 unspecified atom stereocenters. The average Bonchev–Trinajstić information content (AvgIpc) is 2.08. The van der Waals surface area contributed by atoms with Crippen LogP contribution in [0.2, 0.25) is 5.02 Å². The van der Waals surface area contributed by atoms with Crippen LogP contribution in [0, 0.1) is 11.3 Å². The van der Waals surface area contributed by atoms with E-state index in [9.17, 15) is 0 Å². The Balaban J connectivity index is 3.34. The van der Waals surface area contributed by atoms with Crippen LogP contribution in [0.15, 0.2) is 16.6 Å². The third-order valence-corrected chi connectivity index (χ3v) is 2.36. The number of hydrogen-bond donors (Lipinski definition) is 1. The number of nitriles is 1. The van der Waals surface area contributed by atoms with Crippen molar-refractivity contribution >= 4 is 27.5 Å². The van der Waals surface area contributed by atoms with Gasteiger partial charge in [0.1, 0.15) is 6.07 Å². The lowest BCUT2D eigenvalue weighted by molar-refractivity contribution is 1.07. The molecule has 0 aromatic heterocycles. The second kappa shape index (κ2) is 3.90. The topological polar surface area (TPSA) is 49.8 Å². The SMILES string of the molecule is N#Cc1cc(Br)cc(CN)c1Cl. The molecule has 0 saturated heterocycles. The lowest BCUT2D eigenvalue weighted by Crippen LogP contribution is -1.98. The Bertz CT molecular complexity index is 344. The molecule has 2 N–H and O–H groups in total. The summed E-state index contributed by atoms with van der Waals surface area (Å²) in [7, 11) is 0. The van der Waals surface area contributed by atoms with Gasteiger partial charge >= 0.3 is 0 Å². The zero-order chi connectivity index (χ0) is 9.14. The Morgan fingerprint density at radius 3 is 2.75 bits per heavy atom. The van der Waals surface area contributed by atoms with E-state index in [1.54, 1.807) is 6.07 Å². The predicted octanol–water partition coefficient (Wildman–Crippen LogP) is 2.43. The monoisotopic (exact) mass is 244 g/mol. The quantitative estimate of drug-likeness (QED) is 0.826. The van der Waals surface area contributed by atoms with E-state index in [0.717, 1.165) is 10.0 Å². The second-order valence-corrected chi connectivity index (χ2v) is 3.54. The first kappa shape index (κ1) is 9.53. The maximum absolute atomic E-state index is 8.67. The lowest BCUT2D eigenvalue weighted by atomic mass is 10.1. The van der Waals surface area contributed by atoms with Crippen LogP contribution < -0.4 is 5.73 Å². The summed E-state index contributed by atoms with van der Waals surface area (Å²) in [5, 5.41) is 9.11. The minimum atomic E-state index is 0.340. The minimum Gasteiger partial charge on any atom is -0.326 e. The van der Waals surface area contributed by atoms with Gasteiger partial charge in [0.05, 0.1) is 10.6 Å². The molecule has 0 aliphatic carbocycles. The largest absolute Gasteiger partial charge is 0.326 e. The van der Waals surface area contributed by atoms with Crippen LogP contribution in [0.4, 0.5) is 0 Å². The zero-order valence-electron chi connectivity index (χ0n) is 6.14. The fourth-order valence-electron chi connectivity index (χ4n) is 0.876. The van der Waals surface area contributed by atoms with Crippen LogP contribution >= 0.6 is 27.5 Å². The van der Waals surface area contributed by atoms with Gasteiger partial charge in [0.2, 0.25) is 0 Å². The highest BCUT2D eigenvalue weighted by atomic mass is 79.9. The molecule has 4 heteroatoms. The molecular formula is C8H6BrClN2. The van der Waals surface area contributed by atoms with E-state index in [2.05, 4.69) is 15.9 Å². The maximum atomic E-state index is 8.67. The van der Waals surface area contributed by atoms with Gasteiger partial charge in [0.25, 0.3) is 0 Å². The summed E-state index contributed by atoms with van der Waals surface area (Å²) in [5.41, 5.74) is 6.66. The van der Waals surface area contributed by atoms with Gasteiger partial charge in [-0.2, -0.15) is 5.26 Å². The average molecular weight is 246 g/mol. The van der Waals surface area contributed by atoms with Crippen molar-refractivity contribution in [1.29, 1.82) is 5.26 Å². The number of nitrogens with two attached hydrogens (primary N) is 1. The fourth-order valence-corrected chi connectivity index (χ4v) is 1.61. The van der Waals surface area contributed by atoms with Crippen molar-refractivity contribution in [2.24, 2.45) is 5.73 Å². The first-order valence-corrected chi connectivity index (χ1v) is 4.44. The molecule has 1 aromatic carbocycles. The minimum absolute atomic E-state index is 0.340. The van der Waals surface area contributed by atoms with Gasteiger partial charge < -0.3 is 5.73 Å². The van der Waals surface area contributed by atoms with Crippen molar-refractivity contribution in [3.63, 3.8) is 0 Å². The van der Waals surface area contributed by atoms with Crippen molar-refractivity contribution in [3.05, 3.63) is 32.8 Å². The molecule has 62 valence electrons. The molecule has 0 fully saturated rings. The lowest BCUT2D eigenvalue weighted by Gasteiger charge is -2.02. The molecular weight excluding hydrogens is 239 g/mol.